The van der Waals surface area contributed by atoms with Crippen LogP contribution in [0.4, 0.5) is 0 Å². The molecule has 0 N–H and O–H groups in total. The Hall–Kier alpha value is -1.32. The Balaban J connectivity index is 2.75. The Morgan fingerprint density at radius 3 is 2.57 bits per heavy atom. The molecule has 14 heavy (non-hydrogen) atoms. The zero-order chi connectivity index (χ0) is 10.9. The third kappa shape index (κ3) is 1.78. The van der Waals surface area contributed by atoms with E-state index in [0.29, 0.717) is 0 Å². The van der Waals surface area contributed by atoms with E-state index >= 15 is 0 Å². The minimum atomic E-state index is -0.810. The van der Waals surface area contributed by atoms with E-state index in [2.05, 4.69) is 6.58 Å². The Morgan fingerprint density at radius 2 is 2.21 bits per heavy atom. The molecule has 0 amide bonds. The van der Waals surface area contributed by atoms with Crippen molar-refractivity contribution in [2.45, 2.75) is 32.5 Å². The van der Waals surface area contributed by atoms with E-state index in [0.717, 1.165) is 6.08 Å². The third-order valence-corrected chi connectivity index (χ3v) is 2.56. The molecule has 0 aromatic rings. The van der Waals surface area contributed by atoms with Crippen molar-refractivity contribution in [2.75, 3.05) is 0 Å². The van der Waals surface area contributed by atoms with E-state index in [1.165, 1.54) is 0 Å². The number of carbonyl (C=O) groups excluding carboxylic acids is 2. The Morgan fingerprint density at radius 1 is 1.64 bits per heavy atom. The van der Waals surface area contributed by atoms with Crippen LogP contribution in [-0.2, 0) is 19.1 Å². The Labute approximate surface area is 82.9 Å². The van der Waals surface area contributed by atoms with E-state index in [-0.39, 0.29) is 5.92 Å². The molecule has 4 heteroatoms. The second-order valence-electron chi connectivity index (χ2n) is 3.87. The summed E-state index contributed by atoms with van der Waals surface area (Å²) in [7, 11) is 0. The highest BCUT2D eigenvalue weighted by Crippen LogP contribution is 2.33. The summed E-state index contributed by atoms with van der Waals surface area (Å²) < 4.78 is 9.96. The molecule has 1 heterocycles. The van der Waals surface area contributed by atoms with Crippen LogP contribution in [0.1, 0.15) is 20.8 Å². The molecule has 0 aliphatic carbocycles. The van der Waals surface area contributed by atoms with Crippen molar-refractivity contribution in [3.63, 3.8) is 0 Å². The van der Waals surface area contributed by atoms with Gasteiger partial charge in [-0.1, -0.05) is 13.5 Å². The summed E-state index contributed by atoms with van der Waals surface area (Å²) in [5, 5.41) is 0. The van der Waals surface area contributed by atoms with Crippen LogP contribution in [0.3, 0.4) is 0 Å². The minimum absolute atomic E-state index is 0.154. The molecule has 2 atom stereocenters. The van der Waals surface area contributed by atoms with Crippen LogP contribution < -0.4 is 0 Å². The average Bonchev–Trinajstić information content (AvgIpc) is 2.28. The summed E-state index contributed by atoms with van der Waals surface area (Å²) in [6.45, 7) is 8.65. The maximum Gasteiger partial charge on any atom is 0.348 e. The van der Waals surface area contributed by atoms with E-state index in [4.69, 9.17) is 9.47 Å². The van der Waals surface area contributed by atoms with Crippen LogP contribution in [-0.4, -0.2) is 23.6 Å². The van der Waals surface area contributed by atoms with Gasteiger partial charge in [-0.15, -0.1) is 0 Å². The number of hydrogen-bond donors (Lipinski definition) is 0. The first-order chi connectivity index (χ1) is 6.38. The highest BCUT2D eigenvalue weighted by atomic mass is 16.6. The fraction of sp³-hybridized carbons (Fsp3) is 0.600. The molecule has 1 aliphatic rings. The molecule has 0 spiro atoms. The molecule has 0 aromatic carbocycles. The van der Waals surface area contributed by atoms with E-state index in [9.17, 15) is 9.59 Å². The van der Waals surface area contributed by atoms with Gasteiger partial charge in [0.15, 0.2) is 0 Å². The number of carbonyl (C=O) groups is 2. The molecule has 0 saturated carbocycles. The van der Waals surface area contributed by atoms with E-state index in [1.807, 2.05) is 6.92 Å². The average molecular weight is 198 g/mol. The normalized spacial score (nSPS) is 29.5. The van der Waals surface area contributed by atoms with Crippen molar-refractivity contribution in [3.05, 3.63) is 12.7 Å². The Bertz CT molecular complexity index is 280. The SMILES string of the molecule is C=CC(=O)OC1C(=O)OC(C)(C)C1C. The number of rotatable bonds is 2. The van der Waals surface area contributed by atoms with E-state index in [1.54, 1.807) is 13.8 Å². The fourth-order valence-electron chi connectivity index (χ4n) is 1.30. The van der Waals surface area contributed by atoms with Gasteiger partial charge in [0.2, 0.25) is 6.10 Å². The van der Waals surface area contributed by atoms with Gasteiger partial charge in [0, 0.05) is 12.0 Å². The molecule has 1 saturated heterocycles. The molecule has 1 aliphatic heterocycles. The molecular weight excluding hydrogens is 184 g/mol. The quantitative estimate of drug-likeness (QED) is 0.491. The lowest BCUT2D eigenvalue weighted by Gasteiger charge is -2.22. The smallest absolute Gasteiger partial charge is 0.348 e. The second-order valence-corrected chi connectivity index (χ2v) is 3.87. The van der Waals surface area contributed by atoms with Crippen molar-refractivity contribution in [3.8, 4) is 0 Å². The monoisotopic (exact) mass is 198 g/mol. The van der Waals surface area contributed by atoms with Gasteiger partial charge >= 0.3 is 11.9 Å². The fourth-order valence-corrected chi connectivity index (χ4v) is 1.30. The van der Waals surface area contributed by atoms with Crippen LogP contribution in [0, 0.1) is 5.92 Å². The number of esters is 2. The Kier molecular flexibility index (Phi) is 2.64. The first-order valence-electron chi connectivity index (χ1n) is 4.44. The van der Waals surface area contributed by atoms with Crippen LogP contribution in [0.2, 0.25) is 0 Å². The van der Waals surface area contributed by atoms with Gasteiger partial charge in [-0.05, 0) is 13.8 Å². The summed E-state index contributed by atoms with van der Waals surface area (Å²) in [5.41, 5.74) is -0.580. The summed E-state index contributed by atoms with van der Waals surface area (Å²) in [6.07, 6.45) is 0.223. The lowest BCUT2D eigenvalue weighted by molar-refractivity contribution is -0.159. The number of hydrogen-bond acceptors (Lipinski definition) is 4. The van der Waals surface area contributed by atoms with Crippen molar-refractivity contribution < 1.29 is 19.1 Å². The van der Waals surface area contributed by atoms with Gasteiger partial charge in [0.25, 0.3) is 0 Å². The van der Waals surface area contributed by atoms with Gasteiger partial charge in [-0.2, -0.15) is 0 Å². The zero-order valence-corrected chi connectivity index (χ0v) is 8.57. The lowest BCUT2D eigenvalue weighted by Crippen LogP contribution is -2.32. The van der Waals surface area contributed by atoms with Gasteiger partial charge < -0.3 is 9.47 Å². The van der Waals surface area contributed by atoms with Crippen molar-refractivity contribution in [2.24, 2.45) is 5.92 Å². The lowest BCUT2D eigenvalue weighted by atomic mass is 9.91. The zero-order valence-electron chi connectivity index (χ0n) is 8.57. The van der Waals surface area contributed by atoms with Crippen molar-refractivity contribution >= 4 is 11.9 Å². The first kappa shape index (κ1) is 10.8. The second kappa shape index (κ2) is 3.44. The minimum Gasteiger partial charge on any atom is -0.456 e. The predicted molar refractivity (Wildman–Crippen MR) is 49.4 cm³/mol. The van der Waals surface area contributed by atoms with Crippen LogP contribution in [0.25, 0.3) is 0 Å². The molecular formula is C10H14O4. The summed E-state index contributed by atoms with van der Waals surface area (Å²) in [6, 6.07) is 0. The summed E-state index contributed by atoms with van der Waals surface area (Å²) in [5.74, 6) is -1.24. The van der Waals surface area contributed by atoms with Gasteiger partial charge in [0.05, 0.1) is 0 Å². The first-order valence-corrected chi connectivity index (χ1v) is 4.44. The van der Waals surface area contributed by atoms with Gasteiger partial charge in [-0.25, -0.2) is 9.59 Å². The molecule has 2 unspecified atom stereocenters. The predicted octanol–water partition coefficient (Wildman–Crippen LogP) is 1.06. The molecule has 1 rings (SSSR count). The standard InChI is InChI=1S/C10H14O4/c1-5-7(11)13-8-6(2)10(3,4)14-9(8)12/h5-6,8H,1H2,2-4H3. The molecule has 0 bridgehead atoms. The molecule has 1 fully saturated rings. The summed E-state index contributed by atoms with van der Waals surface area (Å²) >= 11 is 0. The molecule has 0 radical (unpaired) electrons. The van der Waals surface area contributed by atoms with Gasteiger partial charge in [0.1, 0.15) is 5.60 Å². The van der Waals surface area contributed by atoms with E-state index < -0.39 is 23.6 Å². The number of ether oxygens (including phenoxy) is 2. The maximum absolute atomic E-state index is 11.3. The largest absolute Gasteiger partial charge is 0.456 e. The molecule has 0 aromatic heterocycles. The van der Waals surface area contributed by atoms with Crippen LogP contribution in [0.15, 0.2) is 12.7 Å². The highest BCUT2D eigenvalue weighted by Gasteiger charge is 2.49. The van der Waals surface area contributed by atoms with Crippen LogP contribution in [0.5, 0.6) is 0 Å². The summed E-state index contributed by atoms with van der Waals surface area (Å²) in [4.78, 5) is 22.2. The van der Waals surface area contributed by atoms with Crippen LogP contribution >= 0.6 is 0 Å². The van der Waals surface area contributed by atoms with Crippen molar-refractivity contribution in [1.29, 1.82) is 0 Å². The highest BCUT2D eigenvalue weighted by molar-refractivity contribution is 5.86. The maximum atomic E-state index is 11.3. The molecule has 4 nitrogen and oxygen atoms in total. The van der Waals surface area contributed by atoms with Crippen molar-refractivity contribution in [1.82, 2.24) is 0 Å². The van der Waals surface area contributed by atoms with Gasteiger partial charge in [-0.3, -0.25) is 0 Å². The third-order valence-electron chi connectivity index (χ3n) is 2.56. The number of cyclic esters (lactones) is 1. The topological polar surface area (TPSA) is 52.6 Å². The molecule has 78 valence electrons.